The number of hydrogen-bond donors (Lipinski definition) is 1. The lowest BCUT2D eigenvalue weighted by molar-refractivity contribution is -0.136. The number of thiophene rings is 1. The van der Waals surface area contributed by atoms with Crippen LogP contribution in [-0.2, 0) is 19.1 Å². The van der Waals surface area contributed by atoms with Crippen molar-refractivity contribution in [2.45, 2.75) is 26.1 Å². The second kappa shape index (κ2) is 7.00. The second-order valence-corrected chi connectivity index (χ2v) is 8.13. The smallest absolute Gasteiger partial charge is 0.379 e. The zero-order valence-electron chi connectivity index (χ0n) is 15.4. The minimum atomic E-state index is -4.39. The molecule has 4 nitrogen and oxygen atoms in total. The van der Waals surface area contributed by atoms with Crippen molar-refractivity contribution >= 4 is 27.7 Å². The number of halogens is 3. The molecule has 0 unspecified atom stereocenters. The number of nitrogens with zero attached hydrogens (tertiary/aromatic N) is 3. The van der Waals surface area contributed by atoms with E-state index in [9.17, 15) is 13.2 Å². The molecule has 0 spiro atoms. The normalized spacial score (nSPS) is 18.6. The molecule has 1 aromatic carbocycles. The van der Waals surface area contributed by atoms with E-state index in [0.29, 0.717) is 12.2 Å². The van der Waals surface area contributed by atoms with Crippen molar-refractivity contribution in [3.8, 4) is 0 Å². The van der Waals surface area contributed by atoms with Crippen LogP contribution in [0.25, 0.3) is 0 Å². The lowest BCUT2D eigenvalue weighted by atomic mass is 10.1. The van der Waals surface area contributed by atoms with E-state index in [1.54, 1.807) is 17.4 Å². The van der Waals surface area contributed by atoms with E-state index in [2.05, 4.69) is 35.3 Å². The predicted octanol–water partition coefficient (Wildman–Crippen LogP) is 4.56. The van der Waals surface area contributed by atoms with Gasteiger partial charge in [0, 0.05) is 43.2 Å². The number of alkyl halides is 3. The number of likely N-dealkylation sites (N-methyl/N-ethyl adjacent to an activating group) is 1. The fourth-order valence-electron chi connectivity index (χ4n) is 3.66. The molecule has 2 aliphatic rings. The molecule has 0 saturated carbocycles. The number of anilines is 3. The van der Waals surface area contributed by atoms with Crippen molar-refractivity contribution in [3.63, 3.8) is 0 Å². The highest BCUT2D eigenvalue weighted by atomic mass is 32.1. The van der Waals surface area contributed by atoms with Crippen LogP contribution in [0, 0.1) is 0 Å². The van der Waals surface area contributed by atoms with Crippen LogP contribution < -0.4 is 10.3 Å². The quantitative estimate of drug-likeness (QED) is 0.804. The van der Waals surface area contributed by atoms with E-state index >= 15 is 0 Å². The average molecular weight is 396 g/mol. The summed E-state index contributed by atoms with van der Waals surface area (Å²) in [5.74, 6) is 0. The summed E-state index contributed by atoms with van der Waals surface area (Å²) in [6.45, 7) is 5.85. The van der Waals surface area contributed by atoms with Crippen molar-refractivity contribution in [1.82, 2.24) is 9.91 Å². The minimum Gasteiger partial charge on any atom is -0.379 e. The van der Waals surface area contributed by atoms with Gasteiger partial charge in [0.1, 0.15) is 5.00 Å². The van der Waals surface area contributed by atoms with Crippen LogP contribution in [0.15, 0.2) is 24.3 Å². The monoisotopic (exact) mass is 396 g/mol. The van der Waals surface area contributed by atoms with E-state index in [1.165, 1.54) is 10.9 Å². The first-order chi connectivity index (χ1) is 12.9. The number of fused-ring (bicyclic) bond motifs is 2. The Kier molecular flexibility index (Phi) is 4.82. The van der Waals surface area contributed by atoms with Crippen molar-refractivity contribution in [2.75, 3.05) is 43.6 Å². The number of piperazine rings is 1. The van der Waals surface area contributed by atoms with Crippen molar-refractivity contribution in [1.29, 1.82) is 0 Å². The third kappa shape index (κ3) is 3.41. The molecule has 0 amide bonds. The molecule has 1 N–H and O–H groups in total. The summed E-state index contributed by atoms with van der Waals surface area (Å²) in [6, 6.07) is 6.57. The van der Waals surface area contributed by atoms with Crippen molar-refractivity contribution < 1.29 is 13.2 Å². The molecule has 146 valence electrons. The van der Waals surface area contributed by atoms with Gasteiger partial charge >= 0.3 is 6.18 Å². The molecule has 1 fully saturated rings. The largest absolute Gasteiger partial charge is 0.418 e. The lowest BCUT2D eigenvalue weighted by Crippen LogP contribution is -2.51. The number of aryl methyl sites for hydroxylation is 1. The Morgan fingerprint density at radius 2 is 1.89 bits per heavy atom. The van der Waals surface area contributed by atoms with Gasteiger partial charge < -0.3 is 10.2 Å². The number of rotatable bonds is 2. The number of para-hydroxylation sites is 1. The summed E-state index contributed by atoms with van der Waals surface area (Å²) < 4.78 is 40.9. The fourth-order valence-corrected chi connectivity index (χ4v) is 4.82. The Bertz CT molecular complexity index is 825. The maximum absolute atomic E-state index is 13.6. The van der Waals surface area contributed by atoms with Crippen LogP contribution >= 0.6 is 11.3 Å². The first kappa shape index (κ1) is 18.6. The minimum absolute atomic E-state index is 0.172. The van der Waals surface area contributed by atoms with Gasteiger partial charge in [-0.1, -0.05) is 13.0 Å². The summed E-state index contributed by atoms with van der Waals surface area (Å²) in [6.07, 6.45) is -3.47. The molecule has 0 bridgehead atoms. The van der Waals surface area contributed by atoms with Crippen LogP contribution in [0.2, 0.25) is 0 Å². The second-order valence-electron chi connectivity index (χ2n) is 7.02. The first-order valence-electron chi connectivity index (χ1n) is 9.17. The van der Waals surface area contributed by atoms with E-state index in [1.807, 2.05) is 5.01 Å². The molecule has 2 aromatic rings. The summed E-state index contributed by atoms with van der Waals surface area (Å²) in [5, 5.41) is 8.32. The van der Waals surface area contributed by atoms with E-state index in [4.69, 9.17) is 0 Å². The molecule has 4 rings (SSSR count). The molecule has 2 aliphatic heterocycles. The summed E-state index contributed by atoms with van der Waals surface area (Å²) in [5.41, 5.74) is 1.20. The Balaban J connectivity index is 1.86. The fraction of sp³-hybridized carbons (Fsp3) is 0.474. The number of hydrogen-bond acceptors (Lipinski definition) is 5. The van der Waals surface area contributed by atoms with Gasteiger partial charge in [-0.15, -0.1) is 11.3 Å². The van der Waals surface area contributed by atoms with Gasteiger partial charge in [-0.3, -0.25) is 5.01 Å². The van der Waals surface area contributed by atoms with E-state index < -0.39 is 11.7 Å². The Labute approximate surface area is 161 Å². The maximum atomic E-state index is 13.6. The van der Waals surface area contributed by atoms with Gasteiger partial charge in [-0.25, -0.2) is 5.01 Å². The zero-order valence-corrected chi connectivity index (χ0v) is 16.3. The average Bonchev–Trinajstić information content (AvgIpc) is 2.98. The number of hydrazine groups is 1. The standard InChI is InChI=1S/C19H23F3N4S/c1-3-14-11-13-12-23-17-15(19(20,21)22)5-4-6-16(17)26(18(13)27-14)25-9-7-24(2)8-10-25/h4-6,11,23H,3,7-10,12H2,1-2H3. The van der Waals surface area contributed by atoms with Crippen molar-refractivity contribution in [3.05, 3.63) is 40.3 Å². The Morgan fingerprint density at radius 3 is 2.56 bits per heavy atom. The maximum Gasteiger partial charge on any atom is 0.418 e. The topological polar surface area (TPSA) is 21.8 Å². The summed E-state index contributed by atoms with van der Waals surface area (Å²) in [4.78, 5) is 3.49. The highest BCUT2D eigenvalue weighted by Crippen LogP contribution is 2.47. The SMILES string of the molecule is CCc1cc2c(s1)N(N1CCN(C)CC1)c1cccc(C(F)(F)F)c1NC2. The Hall–Kier alpha value is -1.77. The van der Waals surface area contributed by atoms with Crippen LogP contribution in [0.1, 0.15) is 22.9 Å². The van der Waals surface area contributed by atoms with Gasteiger partial charge in [-0.05, 0) is 31.7 Å². The lowest BCUT2D eigenvalue weighted by Gasteiger charge is -2.41. The molecule has 27 heavy (non-hydrogen) atoms. The molecular formula is C19H23F3N4S. The van der Waals surface area contributed by atoms with Gasteiger partial charge in [-0.2, -0.15) is 13.2 Å². The molecule has 1 aromatic heterocycles. The highest BCUT2D eigenvalue weighted by molar-refractivity contribution is 7.16. The van der Waals surface area contributed by atoms with Gasteiger partial charge in [0.05, 0.1) is 16.9 Å². The zero-order chi connectivity index (χ0) is 19.2. The highest BCUT2D eigenvalue weighted by Gasteiger charge is 2.38. The van der Waals surface area contributed by atoms with Crippen LogP contribution in [0.5, 0.6) is 0 Å². The third-order valence-corrected chi connectivity index (χ3v) is 6.47. The molecule has 1 saturated heterocycles. The van der Waals surface area contributed by atoms with E-state index in [-0.39, 0.29) is 5.69 Å². The molecule has 0 atom stereocenters. The van der Waals surface area contributed by atoms with Crippen LogP contribution in [-0.4, -0.2) is 43.1 Å². The molecular weight excluding hydrogens is 373 g/mol. The molecule has 3 heterocycles. The third-order valence-electron chi connectivity index (χ3n) is 5.17. The van der Waals surface area contributed by atoms with Crippen molar-refractivity contribution in [2.24, 2.45) is 0 Å². The number of benzene rings is 1. The Morgan fingerprint density at radius 1 is 1.15 bits per heavy atom. The van der Waals surface area contributed by atoms with E-state index in [0.717, 1.165) is 49.2 Å². The van der Waals surface area contributed by atoms with Gasteiger partial charge in [0.2, 0.25) is 0 Å². The summed E-state index contributed by atoms with van der Waals surface area (Å²) >= 11 is 1.68. The van der Waals surface area contributed by atoms with Gasteiger partial charge in [0.25, 0.3) is 0 Å². The van der Waals surface area contributed by atoms with Gasteiger partial charge in [0.15, 0.2) is 0 Å². The molecule has 8 heteroatoms. The van der Waals surface area contributed by atoms with Crippen LogP contribution in [0.4, 0.5) is 29.5 Å². The summed E-state index contributed by atoms with van der Waals surface area (Å²) in [7, 11) is 2.07. The predicted molar refractivity (Wildman–Crippen MR) is 104 cm³/mol. The number of nitrogens with one attached hydrogen (secondary N) is 1. The first-order valence-corrected chi connectivity index (χ1v) is 9.99. The molecule has 0 aliphatic carbocycles. The van der Waals surface area contributed by atoms with Crippen LogP contribution in [0.3, 0.4) is 0 Å². The molecule has 0 radical (unpaired) electrons.